The van der Waals surface area contributed by atoms with E-state index in [0.717, 1.165) is 63.5 Å². The molecule has 11 aromatic rings. The first-order chi connectivity index (χ1) is 43.4. The third-order valence-corrected chi connectivity index (χ3v) is 23.8. The molecule has 0 amide bonds. The Labute approximate surface area is 545 Å². The van der Waals surface area contributed by atoms with Crippen LogP contribution in [0.3, 0.4) is 0 Å². The van der Waals surface area contributed by atoms with E-state index in [1.807, 2.05) is 47.0 Å². The van der Waals surface area contributed by atoms with Crippen molar-refractivity contribution in [2.24, 2.45) is 9.98 Å². The van der Waals surface area contributed by atoms with Crippen LogP contribution < -0.4 is 5.32 Å². The van der Waals surface area contributed by atoms with Crippen LogP contribution >= 0.6 is 47.0 Å². The molecule has 1 N–H and O–H groups in total. The molecule has 10 heteroatoms. The molecular weight excluding hydrogens is 1170 g/mol. The van der Waals surface area contributed by atoms with Gasteiger partial charge in [-0.05, 0) is 162 Å². The Balaban J connectivity index is 0.686. The molecule has 10 aromatic carbocycles. The number of nitrogens with one attached hydrogen (secondary N) is 1. The number of hydrogen-bond donors (Lipinski definition) is 1. The first-order valence-corrected chi connectivity index (χ1v) is 34.3. The fourth-order valence-corrected chi connectivity index (χ4v) is 19.2. The predicted molar refractivity (Wildman–Crippen MR) is 375 cm³/mol. The van der Waals surface area contributed by atoms with Crippen molar-refractivity contribution in [1.29, 1.82) is 0 Å². The molecule has 4 heterocycles. The number of amidine groups is 2. The highest BCUT2D eigenvalue weighted by atomic mass is 32.2. The molecule has 3 aliphatic heterocycles. The SMILES string of the molecule is CC1(C)CC(C)(C)c2cc(C3=NC(c4ccc5c(c4)Sc4cc(-c6ccc7c(c6)Sc6cc(-c8nc(-c9ccc(-c%10ccccc%10)cc9)nc(-c9ccc%10c(c9)C(C)(C)CC%10(C)C)n8)ccc6S7)ccc4S5)NC(c4ccc(-c5ccccc5)cc4)=N3)ccc21. The maximum atomic E-state index is 5.44. The van der Waals surface area contributed by atoms with Crippen LogP contribution in [0.4, 0.5) is 0 Å². The minimum absolute atomic E-state index is 0.0360. The van der Waals surface area contributed by atoms with Crippen LogP contribution in [0.1, 0.15) is 113 Å². The van der Waals surface area contributed by atoms with Crippen molar-refractivity contribution in [3.05, 3.63) is 257 Å². The lowest BCUT2D eigenvalue weighted by atomic mass is 9.82. The van der Waals surface area contributed by atoms with Crippen molar-refractivity contribution >= 4 is 58.7 Å². The zero-order valence-electron chi connectivity index (χ0n) is 51.6. The van der Waals surface area contributed by atoms with Gasteiger partial charge in [-0.25, -0.2) is 24.9 Å². The van der Waals surface area contributed by atoms with Crippen LogP contribution in [0.25, 0.3) is 67.5 Å². The third kappa shape index (κ3) is 10.4. The van der Waals surface area contributed by atoms with Crippen molar-refractivity contribution < 1.29 is 0 Å². The number of aliphatic imine (C=N–C) groups is 2. The molecule has 1 atom stereocenters. The molecule has 440 valence electrons. The zero-order valence-corrected chi connectivity index (χ0v) is 54.9. The van der Waals surface area contributed by atoms with Gasteiger partial charge in [0.05, 0.1) is 0 Å². The monoisotopic (exact) mass is 1240 g/mol. The number of aromatic nitrogens is 3. The average molecular weight is 1240 g/mol. The molecule has 0 radical (unpaired) electrons. The Morgan fingerprint density at radius 1 is 0.311 bits per heavy atom. The standard InChI is InChI=1S/C80H66N6S4/c1-77(2)45-79(5,6)61-39-55(27-33-59(61)77)73-81-71(51-23-19-49(20-24-51)47-15-11-9-12-16-47)83-75(85-73)57-31-37-65-69(43-57)89-67-41-53(29-35-63(67)87-65)54-30-36-64-68(42-54)90-70-44-58(32-38-66(70)88-64)76-84-72(52-25-21-50(22-26-52)48-17-13-10-14-18-48)82-74(86-76)56-28-34-60-62(40-56)80(7,8)46-78(60,3)4/h9-44,75H,45-46H2,1-8H3,(H,81,83,85). The smallest absolute Gasteiger partial charge is 0.164 e. The second-order valence-corrected chi connectivity index (χ2v) is 31.5. The molecule has 0 fully saturated rings. The quantitative estimate of drug-likeness (QED) is 0.153. The minimum Gasteiger partial charge on any atom is -0.344 e. The molecule has 0 saturated heterocycles. The molecule has 2 aliphatic carbocycles. The molecule has 0 bridgehead atoms. The molecule has 5 aliphatic rings. The van der Waals surface area contributed by atoms with Gasteiger partial charge in [-0.1, -0.05) is 254 Å². The maximum Gasteiger partial charge on any atom is 0.164 e. The second kappa shape index (κ2) is 21.7. The van der Waals surface area contributed by atoms with Crippen LogP contribution in [0, 0.1) is 0 Å². The van der Waals surface area contributed by atoms with Crippen LogP contribution in [0.15, 0.2) is 268 Å². The van der Waals surface area contributed by atoms with E-state index >= 15 is 0 Å². The van der Waals surface area contributed by atoms with Gasteiger partial charge in [0.2, 0.25) is 0 Å². The topological polar surface area (TPSA) is 75.4 Å². The van der Waals surface area contributed by atoms with Crippen LogP contribution in [-0.4, -0.2) is 26.6 Å². The van der Waals surface area contributed by atoms with Crippen molar-refractivity contribution in [2.45, 2.75) is 135 Å². The van der Waals surface area contributed by atoms with Gasteiger partial charge in [0.25, 0.3) is 0 Å². The minimum atomic E-state index is -0.346. The van der Waals surface area contributed by atoms with E-state index in [-0.39, 0.29) is 27.8 Å². The van der Waals surface area contributed by atoms with Gasteiger partial charge in [-0.2, -0.15) is 0 Å². The summed E-state index contributed by atoms with van der Waals surface area (Å²) in [7, 11) is 0. The highest BCUT2D eigenvalue weighted by Crippen LogP contribution is 2.55. The van der Waals surface area contributed by atoms with Gasteiger partial charge in [-0.3, -0.25) is 0 Å². The van der Waals surface area contributed by atoms with Gasteiger partial charge >= 0.3 is 0 Å². The summed E-state index contributed by atoms with van der Waals surface area (Å²) in [5, 5.41) is 3.79. The number of rotatable bonds is 9. The largest absolute Gasteiger partial charge is 0.344 e. The van der Waals surface area contributed by atoms with Crippen LogP contribution in [-0.2, 0) is 21.7 Å². The molecule has 1 aromatic heterocycles. The summed E-state index contributed by atoms with van der Waals surface area (Å²) in [6, 6.07) is 79.6. The summed E-state index contributed by atoms with van der Waals surface area (Å²) in [6.07, 6.45) is 1.85. The summed E-state index contributed by atoms with van der Waals surface area (Å²) < 4.78 is 0. The molecule has 1 unspecified atom stereocenters. The van der Waals surface area contributed by atoms with Crippen molar-refractivity contribution in [2.75, 3.05) is 0 Å². The zero-order chi connectivity index (χ0) is 61.3. The number of benzene rings is 10. The Morgan fingerprint density at radius 2 is 0.667 bits per heavy atom. The van der Waals surface area contributed by atoms with Crippen LogP contribution in [0.5, 0.6) is 0 Å². The van der Waals surface area contributed by atoms with Gasteiger partial charge in [0.15, 0.2) is 23.3 Å². The van der Waals surface area contributed by atoms with Gasteiger partial charge in [-0.15, -0.1) is 0 Å². The summed E-state index contributed by atoms with van der Waals surface area (Å²) in [5.41, 5.74) is 19.0. The summed E-state index contributed by atoms with van der Waals surface area (Å²) >= 11 is 7.34. The summed E-state index contributed by atoms with van der Waals surface area (Å²) in [5.74, 6) is 3.56. The Bertz CT molecular complexity index is 4800. The van der Waals surface area contributed by atoms with E-state index in [1.165, 1.54) is 89.2 Å². The highest BCUT2D eigenvalue weighted by molar-refractivity contribution is 8.05. The second-order valence-electron chi connectivity index (χ2n) is 27.2. The fraction of sp³-hybridized carbons (Fsp3) is 0.188. The van der Waals surface area contributed by atoms with E-state index in [2.05, 4.69) is 279 Å². The molecule has 6 nitrogen and oxygen atoms in total. The number of fused-ring (bicyclic) bond motifs is 6. The summed E-state index contributed by atoms with van der Waals surface area (Å²) in [4.78, 5) is 36.4. The van der Waals surface area contributed by atoms with Gasteiger partial charge in [0.1, 0.15) is 12.0 Å². The lowest BCUT2D eigenvalue weighted by Gasteiger charge is -2.26. The van der Waals surface area contributed by atoms with Crippen molar-refractivity contribution in [3.63, 3.8) is 0 Å². The van der Waals surface area contributed by atoms with Gasteiger partial charge in [0, 0.05) is 67.0 Å². The normalized spacial score (nSPS) is 17.5. The average Bonchev–Trinajstić information content (AvgIpc) is 1.65. The van der Waals surface area contributed by atoms with Crippen molar-refractivity contribution in [1.82, 2.24) is 20.3 Å². The predicted octanol–water partition coefficient (Wildman–Crippen LogP) is 21.5. The molecule has 0 spiro atoms. The Kier molecular flexibility index (Phi) is 13.7. The van der Waals surface area contributed by atoms with E-state index in [4.69, 9.17) is 24.9 Å². The highest BCUT2D eigenvalue weighted by Gasteiger charge is 2.43. The van der Waals surface area contributed by atoms with E-state index in [9.17, 15) is 0 Å². The molecular formula is C80H66N6S4. The molecule has 0 saturated carbocycles. The Hall–Kier alpha value is -8.25. The number of nitrogens with zero attached hydrogens (tertiary/aromatic N) is 5. The Morgan fingerprint density at radius 3 is 1.19 bits per heavy atom. The number of hydrogen-bond acceptors (Lipinski definition) is 10. The maximum absolute atomic E-state index is 5.44. The fourth-order valence-electron chi connectivity index (χ4n) is 14.7. The lowest BCUT2D eigenvalue weighted by Crippen LogP contribution is -2.33. The third-order valence-electron chi connectivity index (χ3n) is 18.7. The first kappa shape index (κ1) is 56.9. The van der Waals surface area contributed by atoms with Crippen LogP contribution in [0.2, 0.25) is 0 Å². The summed E-state index contributed by atoms with van der Waals surface area (Å²) in [6.45, 7) is 18.9. The lowest BCUT2D eigenvalue weighted by molar-refractivity contribution is 0.402. The van der Waals surface area contributed by atoms with Gasteiger partial charge < -0.3 is 5.32 Å². The van der Waals surface area contributed by atoms with E-state index in [1.54, 1.807) is 0 Å². The van der Waals surface area contributed by atoms with Crippen molar-refractivity contribution in [3.8, 4) is 67.5 Å². The first-order valence-electron chi connectivity index (χ1n) is 31.0. The van der Waals surface area contributed by atoms with E-state index in [0.29, 0.717) is 17.5 Å². The van der Waals surface area contributed by atoms with E-state index < -0.39 is 0 Å². The molecule has 90 heavy (non-hydrogen) atoms. The molecule has 16 rings (SSSR count).